The van der Waals surface area contributed by atoms with Crippen molar-refractivity contribution in [2.45, 2.75) is 180 Å². The summed E-state index contributed by atoms with van der Waals surface area (Å²) in [5.74, 6) is -0.652. The van der Waals surface area contributed by atoms with Gasteiger partial charge in [-0.2, -0.15) is 0 Å². The minimum absolute atomic E-state index is 0.342. The monoisotopic (exact) mass is 543 g/mol. The normalized spacial score (nSPS) is 11.1. The number of aliphatic carboxylic acids is 1. The van der Waals surface area contributed by atoms with Crippen LogP contribution in [-0.4, -0.2) is 21.9 Å². The Hall–Kier alpha value is -0.290. The van der Waals surface area contributed by atoms with Gasteiger partial charge in [0.15, 0.2) is 0 Å². The van der Waals surface area contributed by atoms with E-state index >= 15 is 0 Å². The Morgan fingerprint density at radius 2 is 0.694 bits per heavy atom. The first kappa shape index (κ1) is 35.7. The van der Waals surface area contributed by atoms with Gasteiger partial charge < -0.3 is 10.4 Å². The second-order valence-corrected chi connectivity index (χ2v) is 12.1. The highest BCUT2D eigenvalue weighted by Crippen LogP contribution is 2.16. The highest BCUT2D eigenvalue weighted by atomic mass is 32.1. The number of thiol groups is 1. The van der Waals surface area contributed by atoms with Crippen LogP contribution in [0.5, 0.6) is 0 Å². The van der Waals surface area contributed by atoms with E-state index < -0.39 is 5.97 Å². The van der Waals surface area contributed by atoms with Gasteiger partial charge in [0.05, 0.1) is 0 Å². The maximum atomic E-state index is 10.5. The summed E-state index contributed by atoms with van der Waals surface area (Å²) in [5.41, 5.74) is 0. The number of rotatable bonds is 30. The summed E-state index contributed by atoms with van der Waals surface area (Å²) in [5, 5.41) is 11.7. The van der Waals surface area contributed by atoms with Crippen molar-refractivity contribution < 1.29 is 9.90 Å². The van der Waals surface area contributed by atoms with Gasteiger partial charge >= 0.3 is 5.97 Å². The lowest BCUT2D eigenvalue weighted by Crippen LogP contribution is -2.17. The molecule has 0 amide bonds. The van der Waals surface area contributed by atoms with E-state index in [1.807, 2.05) is 0 Å². The number of carboxylic acids is 1. The summed E-state index contributed by atoms with van der Waals surface area (Å²) in [6, 6.07) is 0. The Balaban J connectivity index is 3.03. The van der Waals surface area contributed by atoms with Gasteiger partial charge in [0.25, 0.3) is 0 Å². The molecule has 0 saturated carbocycles. The molecule has 214 valence electrons. The molecule has 5 heteroatoms. The van der Waals surface area contributed by atoms with E-state index in [9.17, 15) is 4.79 Å². The van der Waals surface area contributed by atoms with Crippen LogP contribution in [0.25, 0.3) is 0 Å². The van der Waals surface area contributed by atoms with Gasteiger partial charge in [-0.25, -0.2) is 0 Å². The zero-order valence-electron chi connectivity index (χ0n) is 23.7. The zero-order chi connectivity index (χ0) is 26.4. The number of unbranched alkanes of at least 4 members (excludes halogenated alkanes) is 26. The Bertz CT molecular complexity index is 431. The number of hydrogen-bond donors (Lipinski definition) is 3. The molecular formula is C31H61NO2S2. The second-order valence-electron chi connectivity index (χ2n) is 10.9. The van der Waals surface area contributed by atoms with E-state index in [1.165, 1.54) is 161 Å². The van der Waals surface area contributed by atoms with E-state index in [4.69, 9.17) is 17.3 Å². The molecule has 2 N–H and O–H groups in total. The van der Waals surface area contributed by atoms with Crippen LogP contribution in [0.15, 0.2) is 0 Å². The molecule has 0 bridgehead atoms. The molecule has 0 unspecified atom stereocenters. The molecule has 0 radical (unpaired) electrons. The highest BCUT2D eigenvalue weighted by molar-refractivity contribution is 8.11. The Kier molecular flexibility index (Phi) is 30.7. The quantitative estimate of drug-likeness (QED) is 0.0479. The number of carboxylic acid groups (broad SMARTS) is 1. The van der Waals surface area contributed by atoms with Gasteiger partial charge in [-0.1, -0.05) is 173 Å². The summed E-state index contributed by atoms with van der Waals surface area (Å²) in [6.07, 6.45) is 37.1. The van der Waals surface area contributed by atoms with E-state index in [0.717, 1.165) is 19.4 Å². The lowest BCUT2D eigenvalue weighted by atomic mass is 10.0. The molecule has 0 atom stereocenters. The number of thiocarbonyl (C=S) groups is 1. The zero-order valence-corrected chi connectivity index (χ0v) is 25.4. The summed E-state index contributed by atoms with van der Waals surface area (Å²) < 4.78 is 0.621. The van der Waals surface area contributed by atoms with Gasteiger partial charge in [0.2, 0.25) is 0 Å². The molecule has 0 spiro atoms. The summed E-state index contributed by atoms with van der Waals surface area (Å²) in [4.78, 5) is 10.5. The molecular weight excluding hydrogens is 482 g/mol. The number of hydrogen-bond acceptors (Lipinski definition) is 2. The minimum Gasteiger partial charge on any atom is -0.481 e. The molecule has 3 nitrogen and oxygen atoms in total. The fourth-order valence-electron chi connectivity index (χ4n) is 5.02. The van der Waals surface area contributed by atoms with Crippen molar-refractivity contribution >= 4 is 35.1 Å². The van der Waals surface area contributed by atoms with Crippen molar-refractivity contribution in [3.8, 4) is 0 Å². The lowest BCUT2D eigenvalue weighted by Gasteiger charge is -2.05. The van der Waals surface area contributed by atoms with Crippen LogP contribution < -0.4 is 5.32 Å². The van der Waals surface area contributed by atoms with Crippen LogP contribution in [0.4, 0.5) is 0 Å². The van der Waals surface area contributed by atoms with Crippen molar-refractivity contribution in [1.29, 1.82) is 0 Å². The number of nitrogens with one attached hydrogen (secondary N) is 1. The standard InChI is InChI=1S/C31H61NO2S2/c33-30(34)28-26-24-22-20-18-16-14-12-10-8-6-4-2-1-3-5-7-9-11-13-15-17-19-21-23-25-27-29-32-31(35)36/h1-29H2,(H,33,34)(H2,32,35,36). The largest absolute Gasteiger partial charge is 0.481 e. The molecule has 0 rings (SSSR count). The highest BCUT2D eigenvalue weighted by Gasteiger charge is 1.98. The third kappa shape index (κ3) is 33.7. The van der Waals surface area contributed by atoms with Crippen LogP contribution in [0, 0.1) is 0 Å². The van der Waals surface area contributed by atoms with Crippen molar-refractivity contribution in [1.82, 2.24) is 5.32 Å². The summed E-state index contributed by atoms with van der Waals surface area (Å²) in [6.45, 7) is 0.978. The molecule has 36 heavy (non-hydrogen) atoms. The lowest BCUT2D eigenvalue weighted by molar-refractivity contribution is -0.137. The Labute approximate surface area is 236 Å². The first-order chi connectivity index (χ1) is 17.6. The molecule has 0 aromatic rings. The van der Waals surface area contributed by atoms with Gasteiger partial charge in [0, 0.05) is 13.0 Å². The third-order valence-electron chi connectivity index (χ3n) is 7.34. The smallest absolute Gasteiger partial charge is 0.303 e. The first-order valence-electron chi connectivity index (χ1n) is 15.8. The van der Waals surface area contributed by atoms with Crippen molar-refractivity contribution in [2.75, 3.05) is 6.54 Å². The first-order valence-corrected chi connectivity index (χ1v) is 16.7. The second kappa shape index (κ2) is 30.9. The van der Waals surface area contributed by atoms with Gasteiger partial charge in [0.1, 0.15) is 4.32 Å². The van der Waals surface area contributed by atoms with Crippen molar-refractivity contribution in [3.05, 3.63) is 0 Å². The Morgan fingerprint density at radius 1 is 0.472 bits per heavy atom. The van der Waals surface area contributed by atoms with E-state index in [2.05, 4.69) is 17.9 Å². The van der Waals surface area contributed by atoms with Crippen LogP contribution >= 0.6 is 24.8 Å². The van der Waals surface area contributed by atoms with E-state index in [-0.39, 0.29) is 0 Å². The molecule has 0 heterocycles. The topological polar surface area (TPSA) is 49.3 Å². The predicted octanol–water partition coefficient (Wildman–Crippen LogP) is 10.8. The van der Waals surface area contributed by atoms with E-state index in [0.29, 0.717) is 10.7 Å². The summed E-state index contributed by atoms with van der Waals surface area (Å²) >= 11 is 8.96. The van der Waals surface area contributed by atoms with Gasteiger partial charge in [-0.15, -0.1) is 12.6 Å². The molecule has 0 aromatic carbocycles. The van der Waals surface area contributed by atoms with Crippen LogP contribution in [0.3, 0.4) is 0 Å². The van der Waals surface area contributed by atoms with Crippen LogP contribution in [0.1, 0.15) is 180 Å². The Morgan fingerprint density at radius 3 is 0.917 bits per heavy atom. The van der Waals surface area contributed by atoms with Crippen molar-refractivity contribution in [2.24, 2.45) is 0 Å². The van der Waals surface area contributed by atoms with E-state index in [1.54, 1.807) is 0 Å². The SMILES string of the molecule is O=C(O)CCCCCCCCCCCCCCCCCCCCCCCCCCCCCNC(=S)S. The fourth-order valence-corrected chi connectivity index (χ4v) is 5.23. The molecule has 0 fully saturated rings. The van der Waals surface area contributed by atoms with Crippen LogP contribution in [-0.2, 0) is 4.79 Å². The maximum absolute atomic E-state index is 10.5. The molecule has 0 aliphatic rings. The maximum Gasteiger partial charge on any atom is 0.303 e. The number of carbonyl (C=O) groups is 1. The average Bonchev–Trinajstić information content (AvgIpc) is 2.85. The molecule has 0 aromatic heterocycles. The summed E-state index contributed by atoms with van der Waals surface area (Å²) in [7, 11) is 0. The average molecular weight is 544 g/mol. The minimum atomic E-state index is -0.652. The van der Waals surface area contributed by atoms with Crippen LogP contribution in [0.2, 0.25) is 0 Å². The van der Waals surface area contributed by atoms with Crippen molar-refractivity contribution in [3.63, 3.8) is 0 Å². The third-order valence-corrected chi connectivity index (χ3v) is 7.65. The molecule has 0 saturated heterocycles. The van der Waals surface area contributed by atoms with Gasteiger partial charge in [-0.05, 0) is 12.8 Å². The fraction of sp³-hybridized carbons (Fsp3) is 0.935. The predicted molar refractivity (Wildman–Crippen MR) is 166 cm³/mol. The molecule has 0 aliphatic heterocycles. The molecule has 0 aliphatic carbocycles. The van der Waals surface area contributed by atoms with Gasteiger partial charge in [-0.3, -0.25) is 4.79 Å².